The van der Waals surface area contributed by atoms with Gasteiger partial charge in [-0.3, -0.25) is 9.59 Å². The van der Waals surface area contributed by atoms with E-state index in [9.17, 15) is 27.9 Å². The van der Waals surface area contributed by atoms with Crippen molar-refractivity contribution in [1.29, 1.82) is 0 Å². The van der Waals surface area contributed by atoms with Crippen molar-refractivity contribution in [2.45, 2.75) is 57.3 Å². The van der Waals surface area contributed by atoms with E-state index in [0.717, 1.165) is 56.1 Å². The molecule has 2 atom stereocenters. The Morgan fingerprint density at radius 1 is 1.02 bits per heavy atom. The van der Waals surface area contributed by atoms with Gasteiger partial charge in [-0.2, -0.15) is 18.3 Å². The summed E-state index contributed by atoms with van der Waals surface area (Å²) in [7, 11) is 0. The summed E-state index contributed by atoms with van der Waals surface area (Å²) < 4.78 is 62.6. The SMILES string of the molecule is Cc1cc(C2CCN(C(=O)C3CC3)CC2)ccc1COc1c(F)cccc1-c1cccc(N2N=C[C@@H](C(=O)O)C2C(F)(F)F)n1. The lowest BCUT2D eigenvalue weighted by Gasteiger charge is -2.32. The van der Waals surface area contributed by atoms with Crippen LogP contribution in [0, 0.1) is 24.6 Å². The van der Waals surface area contributed by atoms with E-state index in [-0.39, 0.29) is 41.3 Å². The predicted octanol–water partition coefficient (Wildman–Crippen LogP) is 6.33. The molecule has 45 heavy (non-hydrogen) atoms. The smallest absolute Gasteiger partial charge is 0.412 e. The zero-order valence-corrected chi connectivity index (χ0v) is 24.5. The monoisotopic (exact) mass is 624 g/mol. The molecule has 2 fully saturated rings. The maximum absolute atomic E-state index is 15.1. The molecule has 1 unspecified atom stereocenters. The molecule has 1 saturated carbocycles. The number of likely N-dealkylation sites (tertiary alicyclic amines) is 1. The van der Waals surface area contributed by atoms with Gasteiger partial charge in [-0.1, -0.05) is 30.3 Å². The highest BCUT2D eigenvalue weighted by atomic mass is 19.4. The molecule has 3 aliphatic rings. The number of pyridine rings is 1. The highest BCUT2D eigenvalue weighted by Crippen LogP contribution is 2.39. The van der Waals surface area contributed by atoms with Crippen molar-refractivity contribution in [3.05, 3.63) is 77.1 Å². The minimum absolute atomic E-state index is 0.0426. The molecule has 2 aliphatic heterocycles. The fourth-order valence-corrected chi connectivity index (χ4v) is 6.06. The van der Waals surface area contributed by atoms with Crippen LogP contribution in [0.4, 0.5) is 23.4 Å². The number of amides is 1. The topological polar surface area (TPSA) is 95.3 Å². The van der Waals surface area contributed by atoms with Crippen LogP contribution in [-0.2, 0) is 16.2 Å². The van der Waals surface area contributed by atoms with Gasteiger partial charge in [0.2, 0.25) is 5.91 Å². The van der Waals surface area contributed by atoms with Gasteiger partial charge in [0.25, 0.3) is 0 Å². The normalized spacial score (nSPS) is 20.5. The largest absolute Gasteiger partial charge is 0.485 e. The first kappa shape index (κ1) is 30.5. The number of piperidine rings is 1. The highest BCUT2D eigenvalue weighted by Gasteiger charge is 2.54. The molecule has 0 radical (unpaired) electrons. The average molecular weight is 625 g/mol. The van der Waals surface area contributed by atoms with Crippen molar-refractivity contribution in [2.75, 3.05) is 18.1 Å². The van der Waals surface area contributed by atoms with Crippen molar-refractivity contribution in [3.8, 4) is 17.0 Å². The van der Waals surface area contributed by atoms with Gasteiger partial charge in [0.05, 0.1) is 5.69 Å². The number of aliphatic carboxylic acids is 1. The second-order valence-corrected chi connectivity index (χ2v) is 11.8. The number of carboxylic acids is 1. The fraction of sp³-hybridized carbons (Fsp3) is 0.394. The number of alkyl halides is 3. The number of rotatable bonds is 8. The van der Waals surface area contributed by atoms with Crippen LogP contribution in [0.3, 0.4) is 0 Å². The lowest BCUT2D eigenvalue weighted by Crippen LogP contribution is -2.47. The first-order chi connectivity index (χ1) is 21.5. The summed E-state index contributed by atoms with van der Waals surface area (Å²) in [6.07, 6.45) is -0.348. The van der Waals surface area contributed by atoms with Crippen molar-refractivity contribution in [2.24, 2.45) is 16.9 Å². The first-order valence-electron chi connectivity index (χ1n) is 14.9. The van der Waals surface area contributed by atoms with Crippen molar-refractivity contribution >= 4 is 23.9 Å². The van der Waals surface area contributed by atoms with Gasteiger partial charge < -0.3 is 14.7 Å². The number of carboxylic acid groups (broad SMARTS) is 1. The summed E-state index contributed by atoms with van der Waals surface area (Å²) in [6.45, 7) is 3.52. The average Bonchev–Trinajstić information content (AvgIpc) is 3.76. The summed E-state index contributed by atoms with van der Waals surface area (Å²) >= 11 is 0. The van der Waals surface area contributed by atoms with E-state index >= 15 is 4.39 Å². The van der Waals surface area contributed by atoms with Crippen LogP contribution < -0.4 is 9.75 Å². The van der Waals surface area contributed by atoms with E-state index < -0.39 is 29.9 Å². The third kappa shape index (κ3) is 6.36. The summed E-state index contributed by atoms with van der Waals surface area (Å²) in [5.41, 5.74) is 3.36. The van der Waals surface area contributed by atoms with E-state index in [2.05, 4.69) is 16.2 Å². The number of ether oxygens (including phenoxy) is 1. The Morgan fingerprint density at radius 3 is 2.42 bits per heavy atom. The predicted molar refractivity (Wildman–Crippen MR) is 158 cm³/mol. The second kappa shape index (κ2) is 12.1. The number of aromatic nitrogens is 1. The maximum Gasteiger partial charge on any atom is 0.412 e. The number of benzene rings is 2. The molecule has 6 rings (SSSR count). The van der Waals surface area contributed by atoms with Crippen LogP contribution in [0.2, 0.25) is 0 Å². The molecule has 2 aromatic carbocycles. The summed E-state index contributed by atoms with van der Waals surface area (Å²) in [6, 6.07) is 12.1. The molecule has 0 bridgehead atoms. The van der Waals surface area contributed by atoms with Crippen LogP contribution in [0.25, 0.3) is 11.3 Å². The molecular weight excluding hydrogens is 592 g/mol. The Morgan fingerprint density at radius 2 is 1.76 bits per heavy atom. The molecule has 1 N–H and O–H groups in total. The molecule has 8 nitrogen and oxygen atoms in total. The van der Waals surface area contributed by atoms with E-state index in [0.29, 0.717) is 10.9 Å². The Bertz CT molecular complexity index is 1630. The Balaban J connectivity index is 1.18. The number of aryl methyl sites for hydroxylation is 1. The number of carbonyl (C=O) groups is 2. The molecule has 0 spiro atoms. The summed E-state index contributed by atoms with van der Waals surface area (Å²) in [4.78, 5) is 30.2. The fourth-order valence-electron chi connectivity index (χ4n) is 6.06. The van der Waals surface area contributed by atoms with Crippen molar-refractivity contribution in [1.82, 2.24) is 9.88 Å². The number of hydrogen-bond donors (Lipinski definition) is 1. The van der Waals surface area contributed by atoms with Crippen LogP contribution >= 0.6 is 0 Å². The lowest BCUT2D eigenvalue weighted by atomic mass is 9.87. The molecule has 1 amide bonds. The Labute approximate surface area is 257 Å². The van der Waals surface area contributed by atoms with Gasteiger partial charge in [-0.15, -0.1) is 0 Å². The van der Waals surface area contributed by atoms with Gasteiger partial charge in [-0.25, -0.2) is 14.4 Å². The highest BCUT2D eigenvalue weighted by molar-refractivity contribution is 5.92. The molecule has 12 heteroatoms. The molecule has 236 valence electrons. The van der Waals surface area contributed by atoms with Gasteiger partial charge in [-0.05, 0) is 79.5 Å². The molecule has 1 saturated heterocycles. The van der Waals surface area contributed by atoms with Crippen LogP contribution in [0.15, 0.2) is 59.7 Å². The zero-order valence-electron chi connectivity index (χ0n) is 24.5. The number of hydrogen-bond acceptors (Lipinski definition) is 6. The zero-order chi connectivity index (χ0) is 31.9. The number of carbonyl (C=O) groups excluding carboxylic acids is 1. The van der Waals surface area contributed by atoms with E-state index in [1.807, 2.05) is 24.0 Å². The van der Waals surface area contributed by atoms with Crippen molar-refractivity contribution < 1.29 is 37.0 Å². The van der Waals surface area contributed by atoms with Gasteiger partial charge in [0, 0.05) is 30.8 Å². The van der Waals surface area contributed by atoms with E-state index in [1.165, 1.54) is 35.9 Å². The molecular formula is C33H32F4N4O4. The van der Waals surface area contributed by atoms with Gasteiger partial charge in [0.1, 0.15) is 18.3 Å². The third-order valence-corrected chi connectivity index (χ3v) is 8.73. The molecule has 3 heterocycles. The van der Waals surface area contributed by atoms with Crippen LogP contribution in [0.5, 0.6) is 5.75 Å². The second-order valence-electron chi connectivity index (χ2n) is 11.8. The minimum atomic E-state index is -4.90. The van der Waals surface area contributed by atoms with E-state index in [4.69, 9.17) is 4.74 Å². The number of nitrogens with zero attached hydrogens (tertiary/aromatic N) is 4. The minimum Gasteiger partial charge on any atom is -0.485 e. The Hall–Kier alpha value is -4.48. The molecule has 1 aromatic heterocycles. The number of hydrazone groups is 1. The lowest BCUT2D eigenvalue weighted by molar-refractivity contribution is -0.166. The quantitative estimate of drug-likeness (QED) is 0.295. The van der Waals surface area contributed by atoms with Crippen LogP contribution in [0.1, 0.15) is 48.3 Å². The number of para-hydroxylation sites is 1. The van der Waals surface area contributed by atoms with Gasteiger partial charge >= 0.3 is 12.1 Å². The standard InChI is InChI=1S/C33H32F4N4O4/c1-19-16-22(20-12-14-40(15-13-20)31(42)21-8-9-21)10-11-23(19)18-45-29-24(4-2-5-26(29)34)27-6-3-7-28(39-27)41-30(33(35,36)37)25(17-38-41)32(43)44/h2-7,10-11,16-17,20-21,25,30H,8-9,12-15,18H2,1H3,(H,43,44)/t25-,30?/m1/s1. The number of anilines is 1. The molecule has 3 aromatic rings. The van der Waals surface area contributed by atoms with Gasteiger partial charge in [0.15, 0.2) is 17.6 Å². The number of halogens is 4. The van der Waals surface area contributed by atoms with E-state index in [1.54, 1.807) is 6.07 Å². The van der Waals surface area contributed by atoms with Crippen LogP contribution in [-0.4, -0.2) is 58.4 Å². The summed E-state index contributed by atoms with van der Waals surface area (Å²) in [5.74, 6) is -3.71. The first-order valence-corrected chi connectivity index (χ1v) is 14.9. The molecule has 1 aliphatic carbocycles. The Kier molecular flexibility index (Phi) is 8.23. The summed E-state index contributed by atoms with van der Waals surface area (Å²) in [5, 5.41) is 13.5. The maximum atomic E-state index is 15.1. The van der Waals surface area contributed by atoms with Crippen molar-refractivity contribution in [3.63, 3.8) is 0 Å². The third-order valence-electron chi connectivity index (χ3n) is 8.73.